The lowest BCUT2D eigenvalue weighted by Crippen LogP contribution is -2.31. The minimum absolute atomic E-state index is 0.195. The van der Waals surface area contributed by atoms with Crippen LogP contribution in [0, 0.1) is 0 Å². The largest absolute Gasteiger partial charge is 0.393 e. The van der Waals surface area contributed by atoms with Crippen molar-refractivity contribution >= 4 is 0 Å². The van der Waals surface area contributed by atoms with E-state index >= 15 is 0 Å². The predicted molar refractivity (Wildman–Crippen MR) is 67.6 cm³/mol. The van der Waals surface area contributed by atoms with Crippen molar-refractivity contribution in [3.63, 3.8) is 0 Å². The van der Waals surface area contributed by atoms with Gasteiger partial charge in [-0.05, 0) is 39.7 Å². The monoisotopic (exact) mass is 237 g/mol. The molecule has 1 fully saturated rings. The summed E-state index contributed by atoms with van der Waals surface area (Å²) in [6, 6.07) is 0.542. The van der Waals surface area contributed by atoms with E-state index in [1.54, 1.807) is 0 Å². The summed E-state index contributed by atoms with van der Waals surface area (Å²) >= 11 is 0. The molecule has 1 aliphatic rings. The SMILES string of the molecule is CCn1cc(CN2CCCC2CC(C)O)cn1. The maximum absolute atomic E-state index is 9.50. The number of aliphatic hydroxyl groups is 1. The Kier molecular flexibility index (Phi) is 4.18. The first-order valence-corrected chi connectivity index (χ1v) is 6.62. The Morgan fingerprint density at radius 3 is 3.06 bits per heavy atom. The lowest BCUT2D eigenvalue weighted by atomic mass is 10.1. The summed E-state index contributed by atoms with van der Waals surface area (Å²) in [4.78, 5) is 2.48. The molecule has 0 spiro atoms. The minimum atomic E-state index is -0.195. The number of hydrogen-bond donors (Lipinski definition) is 1. The van der Waals surface area contributed by atoms with Gasteiger partial charge in [0.2, 0.25) is 0 Å². The van der Waals surface area contributed by atoms with Crippen molar-refractivity contribution in [2.75, 3.05) is 6.54 Å². The zero-order valence-corrected chi connectivity index (χ0v) is 10.8. The van der Waals surface area contributed by atoms with Gasteiger partial charge in [0.1, 0.15) is 0 Å². The molecule has 0 aliphatic carbocycles. The lowest BCUT2D eigenvalue weighted by molar-refractivity contribution is 0.131. The van der Waals surface area contributed by atoms with Crippen molar-refractivity contribution in [1.29, 1.82) is 0 Å². The quantitative estimate of drug-likeness (QED) is 0.846. The van der Waals surface area contributed by atoms with Gasteiger partial charge in [0.05, 0.1) is 12.3 Å². The van der Waals surface area contributed by atoms with E-state index in [9.17, 15) is 5.11 Å². The van der Waals surface area contributed by atoms with Gasteiger partial charge >= 0.3 is 0 Å². The molecule has 1 aromatic heterocycles. The first-order valence-electron chi connectivity index (χ1n) is 6.62. The van der Waals surface area contributed by atoms with Crippen molar-refractivity contribution in [3.8, 4) is 0 Å². The molecule has 1 aromatic rings. The van der Waals surface area contributed by atoms with Crippen molar-refractivity contribution in [1.82, 2.24) is 14.7 Å². The summed E-state index contributed by atoms with van der Waals surface area (Å²) in [6.07, 6.45) is 7.24. The average molecular weight is 237 g/mol. The molecule has 2 heterocycles. The van der Waals surface area contributed by atoms with Gasteiger partial charge in [0.25, 0.3) is 0 Å². The third-order valence-electron chi connectivity index (χ3n) is 3.51. The van der Waals surface area contributed by atoms with Crippen LogP contribution in [0.3, 0.4) is 0 Å². The van der Waals surface area contributed by atoms with Gasteiger partial charge in [-0.1, -0.05) is 0 Å². The molecule has 0 aromatic carbocycles. The van der Waals surface area contributed by atoms with Gasteiger partial charge in [0.15, 0.2) is 0 Å². The smallest absolute Gasteiger partial charge is 0.0534 e. The Bertz CT molecular complexity index is 348. The molecule has 4 nitrogen and oxygen atoms in total. The number of aryl methyl sites for hydroxylation is 1. The van der Waals surface area contributed by atoms with E-state index in [1.807, 2.05) is 17.8 Å². The minimum Gasteiger partial charge on any atom is -0.393 e. The molecule has 0 radical (unpaired) electrons. The molecule has 1 aliphatic heterocycles. The van der Waals surface area contributed by atoms with Crippen LogP contribution in [-0.4, -0.2) is 38.5 Å². The molecular formula is C13H23N3O. The predicted octanol–water partition coefficient (Wildman–Crippen LogP) is 1.64. The van der Waals surface area contributed by atoms with Crippen LogP contribution in [-0.2, 0) is 13.1 Å². The second kappa shape index (κ2) is 5.65. The summed E-state index contributed by atoms with van der Waals surface area (Å²) in [5.74, 6) is 0. The number of aromatic nitrogens is 2. The summed E-state index contributed by atoms with van der Waals surface area (Å²) in [7, 11) is 0. The third-order valence-corrected chi connectivity index (χ3v) is 3.51. The molecule has 1 N–H and O–H groups in total. The molecule has 2 atom stereocenters. The first kappa shape index (κ1) is 12.6. The Morgan fingerprint density at radius 1 is 1.59 bits per heavy atom. The van der Waals surface area contributed by atoms with Crippen LogP contribution in [0.25, 0.3) is 0 Å². The normalized spacial score (nSPS) is 23.1. The second-order valence-corrected chi connectivity index (χ2v) is 5.06. The van der Waals surface area contributed by atoms with Crippen LogP contribution in [0.5, 0.6) is 0 Å². The van der Waals surface area contributed by atoms with Crippen LogP contribution in [0.2, 0.25) is 0 Å². The molecule has 0 bridgehead atoms. The summed E-state index contributed by atoms with van der Waals surface area (Å²) in [5.41, 5.74) is 1.28. The molecule has 1 saturated heterocycles. The van der Waals surface area contributed by atoms with Gasteiger partial charge in [-0.3, -0.25) is 9.58 Å². The number of hydrogen-bond acceptors (Lipinski definition) is 3. The van der Waals surface area contributed by atoms with Crippen LogP contribution in [0.1, 0.15) is 38.7 Å². The fourth-order valence-corrected chi connectivity index (χ4v) is 2.66. The van der Waals surface area contributed by atoms with Crippen molar-refractivity contribution < 1.29 is 5.11 Å². The number of nitrogens with zero attached hydrogens (tertiary/aromatic N) is 3. The summed E-state index contributed by atoms with van der Waals surface area (Å²) in [5, 5.41) is 13.8. The number of aliphatic hydroxyl groups excluding tert-OH is 1. The Morgan fingerprint density at radius 2 is 2.41 bits per heavy atom. The molecular weight excluding hydrogens is 214 g/mol. The van der Waals surface area contributed by atoms with Gasteiger partial charge < -0.3 is 5.11 Å². The highest BCUT2D eigenvalue weighted by molar-refractivity contribution is 5.04. The van der Waals surface area contributed by atoms with E-state index < -0.39 is 0 Å². The number of rotatable bonds is 5. The van der Waals surface area contributed by atoms with Crippen molar-refractivity contribution in [3.05, 3.63) is 18.0 Å². The summed E-state index contributed by atoms with van der Waals surface area (Å²) < 4.78 is 1.97. The standard InChI is InChI=1S/C13H23N3O/c1-3-16-10-12(8-14-16)9-15-6-4-5-13(15)7-11(2)17/h8,10-11,13,17H,3-7,9H2,1-2H3. The average Bonchev–Trinajstić information content (AvgIpc) is 2.89. The van der Waals surface area contributed by atoms with Crippen LogP contribution in [0.4, 0.5) is 0 Å². The first-order chi connectivity index (χ1) is 8.19. The van der Waals surface area contributed by atoms with E-state index in [2.05, 4.69) is 23.1 Å². The Balaban J connectivity index is 1.92. The molecule has 0 saturated carbocycles. The highest BCUT2D eigenvalue weighted by Gasteiger charge is 2.25. The Labute approximate surface area is 103 Å². The van der Waals surface area contributed by atoms with E-state index in [0.717, 1.165) is 26.1 Å². The molecule has 4 heteroatoms. The van der Waals surface area contributed by atoms with E-state index in [-0.39, 0.29) is 6.10 Å². The van der Waals surface area contributed by atoms with Crippen LogP contribution >= 0.6 is 0 Å². The topological polar surface area (TPSA) is 41.3 Å². The lowest BCUT2D eigenvalue weighted by Gasteiger charge is -2.24. The maximum atomic E-state index is 9.50. The third kappa shape index (κ3) is 3.30. The fourth-order valence-electron chi connectivity index (χ4n) is 2.66. The van der Waals surface area contributed by atoms with Gasteiger partial charge in [-0.25, -0.2) is 0 Å². The highest BCUT2D eigenvalue weighted by Crippen LogP contribution is 2.23. The van der Waals surface area contributed by atoms with Crippen molar-refractivity contribution in [2.24, 2.45) is 0 Å². The summed E-state index contributed by atoms with van der Waals surface area (Å²) in [6.45, 7) is 7.03. The molecule has 2 rings (SSSR count). The maximum Gasteiger partial charge on any atom is 0.0534 e. The second-order valence-electron chi connectivity index (χ2n) is 5.06. The highest BCUT2D eigenvalue weighted by atomic mass is 16.3. The van der Waals surface area contributed by atoms with Crippen molar-refractivity contribution in [2.45, 2.75) is 58.3 Å². The fraction of sp³-hybridized carbons (Fsp3) is 0.769. The van der Waals surface area contributed by atoms with Gasteiger partial charge in [-0.2, -0.15) is 5.10 Å². The molecule has 0 amide bonds. The Hall–Kier alpha value is -0.870. The van der Waals surface area contributed by atoms with E-state index in [1.165, 1.54) is 18.4 Å². The molecule has 96 valence electrons. The van der Waals surface area contributed by atoms with Gasteiger partial charge in [-0.15, -0.1) is 0 Å². The number of likely N-dealkylation sites (tertiary alicyclic amines) is 1. The molecule has 2 unspecified atom stereocenters. The van der Waals surface area contributed by atoms with E-state index in [4.69, 9.17) is 0 Å². The van der Waals surface area contributed by atoms with E-state index in [0.29, 0.717) is 6.04 Å². The molecule has 17 heavy (non-hydrogen) atoms. The van der Waals surface area contributed by atoms with Crippen LogP contribution in [0.15, 0.2) is 12.4 Å². The van der Waals surface area contributed by atoms with Gasteiger partial charge in [0, 0.05) is 30.9 Å². The zero-order chi connectivity index (χ0) is 12.3. The zero-order valence-electron chi connectivity index (χ0n) is 10.8. The van der Waals surface area contributed by atoms with Crippen LogP contribution < -0.4 is 0 Å².